The summed E-state index contributed by atoms with van der Waals surface area (Å²) in [6, 6.07) is 3.47. The summed E-state index contributed by atoms with van der Waals surface area (Å²) < 4.78 is 22.9. The first kappa shape index (κ1) is 16.5. The second-order valence-electron chi connectivity index (χ2n) is 6.04. The Hall–Kier alpha value is -0.850. The Bertz CT molecular complexity index is 573. The molecule has 0 radical (unpaired) electrons. The summed E-state index contributed by atoms with van der Waals surface area (Å²) in [6.07, 6.45) is 6.33. The SMILES string of the molecule is CS(=O)(=O)c1ccc(N2CCC3(CCNC3)CC2)nc1.Cl. The second-order valence-corrected chi connectivity index (χ2v) is 8.05. The van der Waals surface area contributed by atoms with Crippen LogP contribution < -0.4 is 10.2 Å². The molecule has 3 rings (SSSR count). The third-order valence-electron chi connectivity index (χ3n) is 4.63. The highest BCUT2D eigenvalue weighted by atomic mass is 35.5. The molecule has 0 saturated carbocycles. The Morgan fingerprint density at radius 3 is 2.43 bits per heavy atom. The molecule has 2 fully saturated rings. The van der Waals surface area contributed by atoms with Crippen LogP contribution >= 0.6 is 12.4 Å². The van der Waals surface area contributed by atoms with Gasteiger partial charge in [0.25, 0.3) is 0 Å². The largest absolute Gasteiger partial charge is 0.357 e. The predicted octanol–water partition coefficient (Wildman–Crippen LogP) is 1.49. The van der Waals surface area contributed by atoms with Crippen molar-refractivity contribution < 1.29 is 8.42 Å². The molecule has 21 heavy (non-hydrogen) atoms. The molecule has 0 aromatic carbocycles. The van der Waals surface area contributed by atoms with Crippen molar-refractivity contribution in [2.75, 3.05) is 37.3 Å². The van der Waals surface area contributed by atoms with E-state index in [0.29, 0.717) is 5.41 Å². The molecule has 3 heterocycles. The molecule has 118 valence electrons. The lowest BCUT2D eigenvalue weighted by atomic mass is 9.78. The number of anilines is 1. The average Bonchev–Trinajstić information content (AvgIpc) is 2.87. The van der Waals surface area contributed by atoms with Crippen LogP contribution in [0, 0.1) is 5.41 Å². The van der Waals surface area contributed by atoms with Crippen LogP contribution in [0.1, 0.15) is 19.3 Å². The van der Waals surface area contributed by atoms with E-state index in [9.17, 15) is 8.42 Å². The predicted molar refractivity (Wildman–Crippen MR) is 86.0 cm³/mol. The minimum absolute atomic E-state index is 0. The zero-order chi connectivity index (χ0) is 14.2. The van der Waals surface area contributed by atoms with Crippen molar-refractivity contribution >= 4 is 28.1 Å². The summed E-state index contributed by atoms with van der Waals surface area (Å²) >= 11 is 0. The standard InChI is InChI=1S/C14H21N3O2S.ClH/c1-20(18,19)12-2-3-13(16-10-12)17-8-5-14(6-9-17)4-7-15-11-14;/h2-3,10,15H,4-9,11H2,1H3;1H. The molecule has 1 N–H and O–H groups in total. The lowest BCUT2D eigenvalue weighted by Gasteiger charge is -2.39. The van der Waals surface area contributed by atoms with Gasteiger partial charge in [-0.25, -0.2) is 13.4 Å². The monoisotopic (exact) mass is 331 g/mol. The molecule has 2 saturated heterocycles. The number of pyridine rings is 1. The van der Waals surface area contributed by atoms with Crippen LogP contribution in [-0.4, -0.2) is 45.8 Å². The summed E-state index contributed by atoms with van der Waals surface area (Å²) in [6.45, 7) is 4.29. The first-order valence-corrected chi connectivity index (χ1v) is 9.00. The van der Waals surface area contributed by atoms with E-state index in [1.54, 1.807) is 6.07 Å². The van der Waals surface area contributed by atoms with E-state index in [0.717, 1.165) is 32.0 Å². The highest BCUT2D eigenvalue weighted by Crippen LogP contribution is 2.37. The van der Waals surface area contributed by atoms with Crippen molar-refractivity contribution in [3.05, 3.63) is 18.3 Å². The third kappa shape index (κ3) is 3.49. The highest BCUT2D eigenvalue weighted by molar-refractivity contribution is 7.90. The fraction of sp³-hybridized carbons (Fsp3) is 0.643. The van der Waals surface area contributed by atoms with Crippen molar-refractivity contribution in [1.29, 1.82) is 0 Å². The van der Waals surface area contributed by atoms with Crippen molar-refractivity contribution in [3.63, 3.8) is 0 Å². The van der Waals surface area contributed by atoms with Crippen LogP contribution in [0.5, 0.6) is 0 Å². The van der Waals surface area contributed by atoms with E-state index in [4.69, 9.17) is 0 Å². The molecular weight excluding hydrogens is 310 g/mol. The Labute approximate surface area is 132 Å². The first-order chi connectivity index (χ1) is 9.49. The van der Waals surface area contributed by atoms with Gasteiger partial charge in [-0.3, -0.25) is 0 Å². The van der Waals surface area contributed by atoms with Gasteiger partial charge in [-0.1, -0.05) is 0 Å². The van der Waals surface area contributed by atoms with Gasteiger partial charge in [0.05, 0.1) is 4.90 Å². The van der Waals surface area contributed by atoms with Gasteiger partial charge >= 0.3 is 0 Å². The number of aromatic nitrogens is 1. The maximum absolute atomic E-state index is 11.4. The van der Waals surface area contributed by atoms with Gasteiger partial charge in [-0.15, -0.1) is 12.4 Å². The average molecular weight is 332 g/mol. The fourth-order valence-corrected chi connectivity index (χ4v) is 3.77. The van der Waals surface area contributed by atoms with E-state index >= 15 is 0 Å². The molecule has 1 spiro atoms. The van der Waals surface area contributed by atoms with E-state index in [2.05, 4.69) is 15.2 Å². The molecule has 0 aliphatic carbocycles. The van der Waals surface area contributed by atoms with Crippen LogP contribution in [0.25, 0.3) is 0 Å². The molecule has 0 unspecified atom stereocenters. The normalized spacial score (nSPS) is 21.3. The van der Waals surface area contributed by atoms with Crippen LogP contribution in [0.3, 0.4) is 0 Å². The van der Waals surface area contributed by atoms with E-state index in [-0.39, 0.29) is 17.3 Å². The maximum atomic E-state index is 11.4. The van der Waals surface area contributed by atoms with Gasteiger partial charge in [-0.2, -0.15) is 0 Å². The minimum atomic E-state index is -3.16. The summed E-state index contributed by atoms with van der Waals surface area (Å²) in [5, 5.41) is 3.46. The van der Waals surface area contributed by atoms with Gasteiger partial charge < -0.3 is 10.2 Å². The molecule has 1 aromatic rings. The fourth-order valence-electron chi connectivity index (χ4n) is 3.21. The molecular formula is C14H22ClN3O2S. The molecule has 1 aromatic heterocycles. The quantitative estimate of drug-likeness (QED) is 0.889. The molecule has 5 nitrogen and oxygen atoms in total. The number of piperidine rings is 1. The number of hydrogen-bond acceptors (Lipinski definition) is 5. The number of rotatable bonds is 2. The Morgan fingerprint density at radius 2 is 1.95 bits per heavy atom. The Balaban J connectivity index is 0.00000161. The molecule has 7 heteroatoms. The van der Waals surface area contributed by atoms with Crippen LogP contribution in [-0.2, 0) is 9.84 Å². The topological polar surface area (TPSA) is 62.3 Å². The Kier molecular flexibility index (Phi) is 4.80. The second kappa shape index (κ2) is 6.10. The van der Waals surface area contributed by atoms with Gasteiger partial charge in [0.15, 0.2) is 9.84 Å². The van der Waals surface area contributed by atoms with Crippen molar-refractivity contribution in [1.82, 2.24) is 10.3 Å². The van der Waals surface area contributed by atoms with Gasteiger partial charge in [0, 0.05) is 32.1 Å². The van der Waals surface area contributed by atoms with Gasteiger partial charge in [0.1, 0.15) is 5.82 Å². The van der Waals surface area contributed by atoms with E-state index < -0.39 is 9.84 Å². The van der Waals surface area contributed by atoms with E-state index in [1.165, 1.54) is 31.7 Å². The maximum Gasteiger partial charge on any atom is 0.177 e. The molecule has 2 aliphatic rings. The zero-order valence-corrected chi connectivity index (χ0v) is 13.8. The summed E-state index contributed by atoms with van der Waals surface area (Å²) in [7, 11) is -3.16. The van der Waals surface area contributed by atoms with Crippen LogP contribution in [0.4, 0.5) is 5.82 Å². The lowest BCUT2D eigenvalue weighted by molar-refractivity contribution is 0.247. The van der Waals surface area contributed by atoms with Crippen molar-refractivity contribution in [2.24, 2.45) is 5.41 Å². The zero-order valence-electron chi connectivity index (χ0n) is 12.2. The van der Waals surface area contributed by atoms with Crippen LogP contribution in [0.15, 0.2) is 23.2 Å². The summed E-state index contributed by atoms with van der Waals surface area (Å²) in [5.74, 6) is 0.887. The first-order valence-electron chi connectivity index (χ1n) is 7.10. The summed E-state index contributed by atoms with van der Waals surface area (Å²) in [4.78, 5) is 6.86. The number of hydrogen-bond donors (Lipinski definition) is 1. The molecule has 0 bridgehead atoms. The number of halogens is 1. The minimum Gasteiger partial charge on any atom is -0.357 e. The van der Waals surface area contributed by atoms with E-state index in [1.807, 2.05) is 6.07 Å². The number of sulfone groups is 1. The van der Waals surface area contributed by atoms with Crippen LogP contribution in [0.2, 0.25) is 0 Å². The molecule has 0 amide bonds. The molecule has 2 aliphatic heterocycles. The number of nitrogens with one attached hydrogen (secondary N) is 1. The number of nitrogens with zero attached hydrogens (tertiary/aromatic N) is 2. The van der Waals surface area contributed by atoms with Crippen molar-refractivity contribution in [2.45, 2.75) is 24.2 Å². The lowest BCUT2D eigenvalue weighted by Crippen LogP contribution is -2.41. The Morgan fingerprint density at radius 1 is 1.24 bits per heavy atom. The van der Waals surface area contributed by atoms with Crippen molar-refractivity contribution in [3.8, 4) is 0 Å². The summed E-state index contributed by atoms with van der Waals surface area (Å²) in [5.41, 5.74) is 0.489. The smallest absolute Gasteiger partial charge is 0.177 e. The third-order valence-corrected chi connectivity index (χ3v) is 5.73. The van der Waals surface area contributed by atoms with Gasteiger partial charge in [0.2, 0.25) is 0 Å². The molecule has 0 atom stereocenters. The highest BCUT2D eigenvalue weighted by Gasteiger charge is 2.37. The van der Waals surface area contributed by atoms with Gasteiger partial charge in [-0.05, 0) is 43.4 Å².